The van der Waals surface area contributed by atoms with Crippen LogP contribution in [0.1, 0.15) is 83.8 Å². The lowest BCUT2D eigenvalue weighted by Gasteiger charge is -2.33. The van der Waals surface area contributed by atoms with Gasteiger partial charge in [0.25, 0.3) is 0 Å². The number of hydrogen-bond acceptors (Lipinski definition) is 4. The molecule has 0 aromatic heterocycles. The van der Waals surface area contributed by atoms with Crippen LogP contribution in [0.3, 0.4) is 0 Å². The third kappa shape index (κ3) is 4.98. The van der Waals surface area contributed by atoms with Gasteiger partial charge in [-0.15, -0.1) is 0 Å². The van der Waals surface area contributed by atoms with E-state index in [2.05, 4.69) is 62.4 Å². The van der Waals surface area contributed by atoms with E-state index in [4.69, 9.17) is 10.5 Å². The summed E-state index contributed by atoms with van der Waals surface area (Å²) in [5.41, 5.74) is 14.0. The molecular formula is C31H33NO3. The highest BCUT2D eigenvalue weighted by molar-refractivity contribution is 5.91. The highest BCUT2D eigenvalue weighted by Gasteiger charge is 2.30. The van der Waals surface area contributed by atoms with Gasteiger partial charge in [0.1, 0.15) is 5.78 Å². The molecule has 1 aliphatic carbocycles. The number of carbonyl (C=O) groups is 2. The van der Waals surface area contributed by atoms with E-state index >= 15 is 0 Å². The lowest BCUT2D eigenvalue weighted by atomic mass is 9.71. The lowest BCUT2D eigenvalue weighted by molar-refractivity contribution is -0.117. The SMILES string of the molecule is CCOC(=O)c1ccc(C(C(C)=O)c2ccc3c(c2)C(c2ccc(CN)cc2)=CCC3(C)C)cc1. The average Bonchev–Trinajstić information content (AvgIpc) is 2.85. The molecule has 35 heavy (non-hydrogen) atoms. The Kier molecular flexibility index (Phi) is 7.04. The highest BCUT2D eigenvalue weighted by atomic mass is 16.5. The van der Waals surface area contributed by atoms with Crippen LogP contribution in [0.2, 0.25) is 0 Å². The molecule has 1 aliphatic rings. The molecule has 0 fully saturated rings. The summed E-state index contributed by atoms with van der Waals surface area (Å²) in [4.78, 5) is 24.9. The van der Waals surface area contributed by atoms with Gasteiger partial charge in [-0.05, 0) is 82.8 Å². The van der Waals surface area contributed by atoms with E-state index in [1.165, 1.54) is 11.1 Å². The van der Waals surface area contributed by atoms with E-state index in [1.807, 2.05) is 12.1 Å². The number of hydrogen-bond donors (Lipinski definition) is 1. The lowest BCUT2D eigenvalue weighted by Crippen LogP contribution is -2.22. The molecule has 4 nitrogen and oxygen atoms in total. The van der Waals surface area contributed by atoms with Gasteiger partial charge < -0.3 is 10.5 Å². The van der Waals surface area contributed by atoms with Crippen LogP contribution in [-0.2, 0) is 21.5 Å². The topological polar surface area (TPSA) is 69.4 Å². The zero-order valence-corrected chi connectivity index (χ0v) is 20.9. The zero-order chi connectivity index (χ0) is 25.2. The van der Waals surface area contributed by atoms with E-state index in [9.17, 15) is 9.59 Å². The molecule has 0 bridgehead atoms. The first-order valence-electron chi connectivity index (χ1n) is 12.2. The summed E-state index contributed by atoms with van der Waals surface area (Å²) in [6, 6.07) is 22.0. The van der Waals surface area contributed by atoms with Gasteiger partial charge in [0.05, 0.1) is 18.1 Å². The number of esters is 1. The van der Waals surface area contributed by atoms with Crippen molar-refractivity contribution in [2.24, 2.45) is 5.73 Å². The Balaban J connectivity index is 1.77. The van der Waals surface area contributed by atoms with Crippen LogP contribution in [0.15, 0.2) is 72.8 Å². The van der Waals surface area contributed by atoms with Crippen molar-refractivity contribution in [3.63, 3.8) is 0 Å². The molecule has 1 atom stereocenters. The zero-order valence-electron chi connectivity index (χ0n) is 20.9. The van der Waals surface area contributed by atoms with Crippen molar-refractivity contribution < 1.29 is 14.3 Å². The Labute approximate surface area is 207 Å². The molecule has 4 heteroatoms. The van der Waals surface area contributed by atoms with Crippen LogP contribution < -0.4 is 5.73 Å². The third-order valence-corrected chi connectivity index (χ3v) is 6.88. The Morgan fingerprint density at radius 1 is 0.971 bits per heavy atom. The van der Waals surface area contributed by atoms with Crippen LogP contribution in [0.4, 0.5) is 0 Å². The summed E-state index contributed by atoms with van der Waals surface area (Å²) < 4.78 is 5.09. The van der Waals surface area contributed by atoms with E-state index in [1.54, 1.807) is 26.0 Å². The summed E-state index contributed by atoms with van der Waals surface area (Å²) in [5, 5.41) is 0. The van der Waals surface area contributed by atoms with Gasteiger partial charge in [-0.2, -0.15) is 0 Å². The minimum absolute atomic E-state index is 0.00156. The van der Waals surface area contributed by atoms with Crippen LogP contribution >= 0.6 is 0 Å². The molecule has 0 saturated heterocycles. The number of allylic oxidation sites excluding steroid dienone is 1. The van der Waals surface area contributed by atoms with Crippen molar-refractivity contribution in [3.05, 3.63) is 112 Å². The Bertz CT molecular complexity index is 1270. The number of benzene rings is 3. The molecule has 180 valence electrons. The maximum Gasteiger partial charge on any atom is 0.338 e. The molecule has 0 radical (unpaired) electrons. The Hall–Kier alpha value is -3.50. The van der Waals surface area contributed by atoms with Crippen molar-refractivity contribution in [2.75, 3.05) is 6.61 Å². The maximum atomic E-state index is 12.9. The molecule has 3 aromatic carbocycles. The predicted molar refractivity (Wildman–Crippen MR) is 140 cm³/mol. The number of fused-ring (bicyclic) bond motifs is 1. The summed E-state index contributed by atoms with van der Waals surface area (Å²) in [6.45, 7) is 8.76. The van der Waals surface area contributed by atoms with Gasteiger partial charge in [0.2, 0.25) is 0 Å². The van der Waals surface area contributed by atoms with Gasteiger partial charge in [-0.3, -0.25) is 4.79 Å². The molecule has 0 amide bonds. The van der Waals surface area contributed by atoms with E-state index in [0.717, 1.165) is 34.2 Å². The van der Waals surface area contributed by atoms with Gasteiger partial charge in [-0.25, -0.2) is 4.79 Å². The predicted octanol–water partition coefficient (Wildman–Crippen LogP) is 6.16. The monoisotopic (exact) mass is 467 g/mol. The van der Waals surface area contributed by atoms with Crippen LogP contribution in [0.25, 0.3) is 5.57 Å². The summed E-state index contributed by atoms with van der Waals surface area (Å²) in [6.07, 6.45) is 3.25. The molecule has 0 heterocycles. The molecule has 0 aliphatic heterocycles. The number of nitrogens with two attached hydrogens (primary N) is 1. The molecule has 2 N–H and O–H groups in total. The van der Waals surface area contributed by atoms with Crippen molar-refractivity contribution in [1.82, 2.24) is 0 Å². The molecule has 1 unspecified atom stereocenters. The number of ketones is 1. The van der Waals surface area contributed by atoms with Gasteiger partial charge in [0, 0.05) is 6.54 Å². The summed E-state index contributed by atoms with van der Waals surface area (Å²) >= 11 is 0. The van der Waals surface area contributed by atoms with Crippen molar-refractivity contribution in [2.45, 2.75) is 52.0 Å². The van der Waals surface area contributed by atoms with E-state index in [0.29, 0.717) is 18.7 Å². The molecule has 3 aromatic rings. The molecular weight excluding hydrogens is 434 g/mol. The first-order valence-corrected chi connectivity index (χ1v) is 12.2. The number of ether oxygens (including phenoxy) is 1. The quantitative estimate of drug-likeness (QED) is 0.423. The smallest absolute Gasteiger partial charge is 0.338 e. The number of carbonyl (C=O) groups excluding carboxylic acids is 2. The van der Waals surface area contributed by atoms with Gasteiger partial charge in [-0.1, -0.05) is 68.5 Å². The fraction of sp³-hybridized carbons (Fsp3) is 0.290. The van der Waals surface area contributed by atoms with Crippen LogP contribution in [0.5, 0.6) is 0 Å². The number of Topliss-reactive ketones (excluding diaryl/α,β-unsaturated/α-hetero) is 1. The first-order chi connectivity index (χ1) is 16.7. The second-order valence-electron chi connectivity index (χ2n) is 9.80. The van der Waals surface area contributed by atoms with Crippen molar-refractivity contribution >= 4 is 17.3 Å². The van der Waals surface area contributed by atoms with Crippen molar-refractivity contribution in [3.8, 4) is 0 Å². The highest BCUT2D eigenvalue weighted by Crippen LogP contribution is 2.43. The van der Waals surface area contributed by atoms with Gasteiger partial charge >= 0.3 is 5.97 Å². The van der Waals surface area contributed by atoms with Crippen molar-refractivity contribution in [1.29, 1.82) is 0 Å². The van der Waals surface area contributed by atoms with E-state index < -0.39 is 5.92 Å². The number of rotatable bonds is 7. The van der Waals surface area contributed by atoms with Gasteiger partial charge in [0.15, 0.2) is 0 Å². The maximum absolute atomic E-state index is 12.9. The normalized spacial score (nSPS) is 15.1. The second-order valence-corrected chi connectivity index (χ2v) is 9.80. The molecule has 4 rings (SSSR count). The van der Waals surface area contributed by atoms with Crippen LogP contribution in [-0.4, -0.2) is 18.4 Å². The Morgan fingerprint density at radius 3 is 2.23 bits per heavy atom. The van der Waals surface area contributed by atoms with E-state index in [-0.39, 0.29) is 17.2 Å². The average molecular weight is 468 g/mol. The third-order valence-electron chi connectivity index (χ3n) is 6.88. The minimum atomic E-state index is -0.414. The standard InChI is InChI=1S/C31H33NO3/c1-5-35-30(34)24-12-10-23(11-13-24)29(20(2)33)25-14-15-28-27(18-25)26(16-17-31(28,3)4)22-8-6-21(19-32)7-9-22/h6-16,18,29H,5,17,19,32H2,1-4H3. The first kappa shape index (κ1) is 24.6. The minimum Gasteiger partial charge on any atom is -0.462 e. The molecule has 0 spiro atoms. The summed E-state index contributed by atoms with van der Waals surface area (Å²) in [7, 11) is 0. The Morgan fingerprint density at radius 2 is 1.63 bits per heavy atom. The second kappa shape index (κ2) is 10.0. The summed E-state index contributed by atoms with van der Waals surface area (Å²) in [5.74, 6) is -0.714. The molecule has 0 saturated carbocycles. The fourth-order valence-corrected chi connectivity index (χ4v) is 4.91. The van der Waals surface area contributed by atoms with Crippen LogP contribution in [0, 0.1) is 0 Å². The fourth-order valence-electron chi connectivity index (χ4n) is 4.91. The largest absolute Gasteiger partial charge is 0.462 e.